The molecule has 1 aromatic carbocycles. The van der Waals surface area contributed by atoms with Crippen LogP contribution < -0.4 is 11.1 Å². The monoisotopic (exact) mass is 328 g/mol. The summed E-state index contributed by atoms with van der Waals surface area (Å²) in [6.45, 7) is 3.85. The average Bonchev–Trinajstić information content (AvgIpc) is 2.30. The van der Waals surface area contributed by atoms with Crippen LogP contribution in [0.4, 0.5) is 10.5 Å². The maximum atomic E-state index is 11.6. The lowest BCUT2D eigenvalue weighted by Gasteiger charge is -2.16. The second-order valence-electron chi connectivity index (χ2n) is 4.56. The molecule has 0 aromatic heterocycles. The van der Waals surface area contributed by atoms with Gasteiger partial charge >= 0.3 is 6.09 Å². The topological polar surface area (TPSA) is 81.4 Å². The first kappa shape index (κ1) is 15.5. The van der Waals surface area contributed by atoms with Gasteiger partial charge in [-0.3, -0.25) is 10.1 Å². The average molecular weight is 329 g/mol. The molecule has 0 bridgehead atoms. The van der Waals surface area contributed by atoms with Gasteiger partial charge in [-0.05, 0) is 36.6 Å². The Kier molecular flexibility index (Phi) is 5.82. The highest BCUT2D eigenvalue weighted by atomic mass is 79.9. The van der Waals surface area contributed by atoms with E-state index in [0.29, 0.717) is 12.1 Å². The highest BCUT2D eigenvalue weighted by molar-refractivity contribution is 9.10. The lowest BCUT2D eigenvalue weighted by molar-refractivity contribution is -0.126. The van der Waals surface area contributed by atoms with Crippen molar-refractivity contribution in [2.75, 3.05) is 5.32 Å². The van der Waals surface area contributed by atoms with E-state index in [2.05, 4.69) is 21.2 Å². The minimum absolute atomic E-state index is 0.206. The number of carbonyl (C=O) groups is 2. The van der Waals surface area contributed by atoms with Crippen LogP contribution >= 0.6 is 15.9 Å². The molecular weight excluding hydrogens is 312 g/mol. The van der Waals surface area contributed by atoms with Gasteiger partial charge < -0.3 is 10.5 Å². The van der Waals surface area contributed by atoms with E-state index in [-0.39, 0.29) is 5.92 Å². The molecule has 0 aliphatic heterocycles. The summed E-state index contributed by atoms with van der Waals surface area (Å²) >= 11 is 3.29. The van der Waals surface area contributed by atoms with E-state index >= 15 is 0 Å². The fourth-order valence-electron chi connectivity index (χ4n) is 1.46. The van der Waals surface area contributed by atoms with E-state index in [9.17, 15) is 9.59 Å². The number of amides is 2. The van der Waals surface area contributed by atoms with Gasteiger partial charge in [0.05, 0.1) is 0 Å². The molecule has 1 rings (SSSR count). The maximum absolute atomic E-state index is 11.6. The minimum Gasteiger partial charge on any atom is -0.436 e. The van der Waals surface area contributed by atoms with Gasteiger partial charge in [-0.15, -0.1) is 0 Å². The van der Waals surface area contributed by atoms with Crippen LogP contribution in [0.15, 0.2) is 28.7 Å². The Labute approximate surface area is 120 Å². The molecule has 19 heavy (non-hydrogen) atoms. The Morgan fingerprint density at radius 1 is 1.32 bits per heavy atom. The first-order valence-electron chi connectivity index (χ1n) is 5.91. The number of primary amides is 1. The predicted octanol–water partition coefficient (Wildman–Crippen LogP) is 2.90. The number of nitrogens with one attached hydrogen (secondary N) is 1. The summed E-state index contributed by atoms with van der Waals surface area (Å²) in [6.07, 6.45) is -1.19. The molecule has 0 aliphatic carbocycles. The van der Waals surface area contributed by atoms with Crippen molar-refractivity contribution in [1.82, 2.24) is 0 Å². The fourth-order valence-corrected chi connectivity index (χ4v) is 1.72. The molecule has 3 N–H and O–H groups in total. The smallest absolute Gasteiger partial charge is 0.412 e. The molecular formula is C13H17BrN2O3. The SMILES string of the molecule is CC(C)C[C@H](OC(=O)Nc1ccc(Br)cc1)C(N)=O. The van der Waals surface area contributed by atoms with Crippen LogP contribution in [0.5, 0.6) is 0 Å². The lowest BCUT2D eigenvalue weighted by Crippen LogP contribution is -2.35. The number of ether oxygens (including phenoxy) is 1. The molecule has 1 aromatic rings. The number of rotatable bonds is 5. The summed E-state index contributed by atoms with van der Waals surface area (Å²) in [5, 5.41) is 2.54. The molecule has 0 fully saturated rings. The molecule has 0 spiro atoms. The molecule has 0 heterocycles. The van der Waals surface area contributed by atoms with Crippen molar-refractivity contribution in [3.8, 4) is 0 Å². The Morgan fingerprint density at radius 2 is 1.89 bits per heavy atom. The van der Waals surface area contributed by atoms with E-state index in [0.717, 1.165) is 4.47 Å². The Morgan fingerprint density at radius 3 is 2.37 bits per heavy atom. The highest BCUT2D eigenvalue weighted by Gasteiger charge is 2.21. The summed E-state index contributed by atoms with van der Waals surface area (Å²) in [4.78, 5) is 22.8. The second-order valence-corrected chi connectivity index (χ2v) is 5.47. The molecule has 0 unspecified atom stereocenters. The van der Waals surface area contributed by atoms with Crippen molar-refractivity contribution in [2.45, 2.75) is 26.4 Å². The number of nitrogens with two attached hydrogens (primary N) is 1. The highest BCUT2D eigenvalue weighted by Crippen LogP contribution is 2.15. The van der Waals surface area contributed by atoms with Crippen molar-refractivity contribution in [3.05, 3.63) is 28.7 Å². The molecule has 0 saturated heterocycles. The van der Waals surface area contributed by atoms with Gasteiger partial charge in [0.2, 0.25) is 0 Å². The molecule has 2 amide bonds. The van der Waals surface area contributed by atoms with Crippen LogP contribution in [0, 0.1) is 5.92 Å². The quantitative estimate of drug-likeness (QED) is 0.871. The van der Waals surface area contributed by atoms with Crippen molar-refractivity contribution >= 4 is 33.6 Å². The van der Waals surface area contributed by atoms with Crippen molar-refractivity contribution in [2.24, 2.45) is 11.7 Å². The Balaban J connectivity index is 2.57. The van der Waals surface area contributed by atoms with Gasteiger partial charge in [-0.2, -0.15) is 0 Å². The first-order chi connectivity index (χ1) is 8.88. The zero-order valence-corrected chi connectivity index (χ0v) is 12.4. The molecule has 5 nitrogen and oxygen atoms in total. The second kappa shape index (κ2) is 7.13. The summed E-state index contributed by atoms with van der Waals surface area (Å²) in [7, 11) is 0. The first-order valence-corrected chi connectivity index (χ1v) is 6.70. The van der Waals surface area contributed by atoms with Gasteiger partial charge in [-0.25, -0.2) is 4.79 Å². The number of benzene rings is 1. The van der Waals surface area contributed by atoms with Crippen molar-refractivity contribution in [3.63, 3.8) is 0 Å². The van der Waals surface area contributed by atoms with Crippen LogP contribution in [0.25, 0.3) is 0 Å². The maximum Gasteiger partial charge on any atom is 0.412 e. The number of carbonyl (C=O) groups excluding carboxylic acids is 2. The summed E-state index contributed by atoms with van der Waals surface area (Å²) in [5.74, 6) is -0.433. The molecule has 0 saturated carbocycles. The number of anilines is 1. The molecule has 104 valence electrons. The molecule has 0 aliphatic rings. The fraction of sp³-hybridized carbons (Fsp3) is 0.385. The number of halogens is 1. The largest absolute Gasteiger partial charge is 0.436 e. The summed E-state index contributed by atoms with van der Waals surface area (Å²) in [6, 6.07) is 7.00. The minimum atomic E-state index is -0.907. The normalized spacial score (nSPS) is 12.0. The van der Waals surface area contributed by atoms with Crippen LogP contribution in [0.1, 0.15) is 20.3 Å². The van der Waals surface area contributed by atoms with Crippen molar-refractivity contribution < 1.29 is 14.3 Å². The number of hydrogen-bond acceptors (Lipinski definition) is 3. The zero-order valence-electron chi connectivity index (χ0n) is 10.9. The summed E-state index contributed by atoms with van der Waals surface area (Å²) in [5.41, 5.74) is 5.78. The van der Waals surface area contributed by atoms with Crippen LogP contribution in [-0.4, -0.2) is 18.1 Å². The third-order valence-corrected chi connectivity index (χ3v) is 2.87. The summed E-state index contributed by atoms with van der Waals surface area (Å²) < 4.78 is 5.92. The van der Waals surface area contributed by atoms with Crippen LogP contribution in [0.3, 0.4) is 0 Å². The Hall–Kier alpha value is -1.56. The van der Waals surface area contributed by atoms with Crippen LogP contribution in [0.2, 0.25) is 0 Å². The van der Waals surface area contributed by atoms with E-state index in [4.69, 9.17) is 10.5 Å². The van der Waals surface area contributed by atoms with Gasteiger partial charge in [0.25, 0.3) is 5.91 Å². The van der Waals surface area contributed by atoms with E-state index < -0.39 is 18.1 Å². The van der Waals surface area contributed by atoms with E-state index in [1.54, 1.807) is 24.3 Å². The van der Waals surface area contributed by atoms with Gasteiger partial charge in [-0.1, -0.05) is 29.8 Å². The van der Waals surface area contributed by atoms with E-state index in [1.165, 1.54) is 0 Å². The standard InChI is InChI=1S/C13H17BrN2O3/c1-8(2)7-11(12(15)17)19-13(18)16-10-5-3-9(14)4-6-10/h3-6,8,11H,7H2,1-2H3,(H2,15,17)(H,16,18)/t11-/m0/s1. The van der Waals surface area contributed by atoms with Crippen molar-refractivity contribution in [1.29, 1.82) is 0 Å². The van der Waals surface area contributed by atoms with Gasteiger partial charge in [0, 0.05) is 10.2 Å². The lowest BCUT2D eigenvalue weighted by atomic mass is 10.1. The molecule has 6 heteroatoms. The molecule has 1 atom stereocenters. The molecule has 0 radical (unpaired) electrons. The number of hydrogen-bond donors (Lipinski definition) is 2. The van der Waals surface area contributed by atoms with E-state index in [1.807, 2.05) is 13.8 Å². The predicted molar refractivity (Wildman–Crippen MR) is 76.7 cm³/mol. The Bertz CT molecular complexity index is 446. The van der Waals surface area contributed by atoms with Gasteiger partial charge in [0.15, 0.2) is 6.10 Å². The van der Waals surface area contributed by atoms with Gasteiger partial charge in [0.1, 0.15) is 0 Å². The van der Waals surface area contributed by atoms with Crippen LogP contribution in [-0.2, 0) is 9.53 Å². The zero-order chi connectivity index (χ0) is 14.4. The third-order valence-electron chi connectivity index (χ3n) is 2.34. The third kappa shape index (κ3) is 5.74.